The lowest BCUT2D eigenvalue weighted by Crippen LogP contribution is -2.12. The molecule has 0 radical (unpaired) electrons. The van der Waals surface area contributed by atoms with Gasteiger partial charge in [-0.1, -0.05) is 30.7 Å². The van der Waals surface area contributed by atoms with Crippen LogP contribution >= 0.6 is 11.6 Å². The summed E-state index contributed by atoms with van der Waals surface area (Å²) in [6.07, 6.45) is 0.633. The van der Waals surface area contributed by atoms with Crippen LogP contribution in [0, 0.1) is 0 Å². The van der Waals surface area contributed by atoms with Gasteiger partial charge in [0.25, 0.3) is 5.91 Å². The number of amides is 1. The summed E-state index contributed by atoms with van der Waals surface area (Å²) < 4.78 is 5.56. The Morgan fingerprint density at radius 1 is 1.37 bits per heavy atom. The molecule has 0 unspecified atom stereocenters. The van der Waals surface area contributed by atoms with Gasteiger partial charge in [0.05, 0.1) is 5.56 Å². The van der Waals surface area contributed by atoms with Gasteiger partial charge in [0.15, 0.2) is 0 Å². The van der Waals surface area contributed by atoms with Crippen LogP contribution in [-0.2, 0) is 6.42 Å². The van der Waals surface area contributed by atoms with Crippen molar-refractivity contribution in [3.63, 3.8) is 0 Å². The third-order valence-electron chi connectivity index (χ3n) is 2.40. The molecule has 2 rings (SSSR count). The van der Waals surface area contributed by atoms with Gasteiger partial charge in [0.1, 0.15) is 16.7 Å². The third kappa shape index (κ3) is 3.20. The predicted molar refractivity (Wildman–Crippen MR) is 71.5 cm³/mol. The number of ether oxygens (including phenoxy) is 1. The fourth-order valence-electron chi connectivity index (χ4n) is 1.52. The maximum absolute atomic E-state index is 11.3. The number of para-hydroxylation sites is 1. The van der Waals surface area contributed by atoms with Crippen LogP contribution in [0.4, 0.5) is 0 Å². The normalized spacial score (nSPS) is 10.2. The van der Waals surface area contributed by atoms with E-state index in [1.54, 1.807) is 24.3 Å². The van der Waals surface area contributed by atoms with Crippen molar-refractivity contribution in [2.45, 2.75) is 13.3 Å². The van der Waals surface area contributed by atoms with Crippen LogP contribution in [-0.4, -0.2) is 15.9 Å². The Labute approximate surface area is 115 Å². The molecule has 1 aromatic heterocycles. The third-order valence-corrected chi connectivity index (χ3v) is 2.59. The van der Waals surface area contributed by atoms with Crippen molar-refractivity contribution in [3.05, 3.63) is 46.9 Å². The number of nitrogens with two attached hydrogens (primary N) is 1. The van der Waals surface area contributed by atoms with Gasteiger partial charge in [-0.2, -0.15) is 4.98 Å². The van der Waals surface area contributed by atoms with E-state index in [0.29, 0.717) is 23.1 Å². The highest BCUT2D eigenvalue weighted by molar-refractivity contribution is 6.29. The van der Waals surface area contributed by atoms with Gasteiger partial charge in [-0.3, -0.25) is 4.79 Å². The first-order valence-electron chi connectivity index (χ1n) is 5.70. The molecule has 0 atom stereocenters. The number of rotatable bonds is 4. The largest absolute Gasteiger partial charge is 0.438 e. The molecule has 0 aliphatic rings. The quantitative estimate of drug-likeness (QED) is 0.871. The summed E-state index contributed by atoms with van der Waals surface area (Å²) in [7, 11) is 0. The van der Waals surface area contributed by atoms with Crippen molar-refractivity contribution in [2.75, 3.05) is 0 Å². The Hall–Kier alpha value is -2.14. The molecule has 6 heteroatoms. The molecular weight excluding hydrogens is 266 g/mol. The average Bonchev–Trinajstić information content (AvgIpc) is 2.38. The molecule has 0 saturated carbocycles. The van der Waals surface area contributed by atoms with E-state index in [9.17, 15) is 4.79 Å². The highest BCUT2D eigenvalue weighted by atomic mass is 35.5. The van der Waals surface area contributed by atoms with Crippen LogP contribution in [0.1, 0.15) is 23.1 Å². The molecule has 0 spiro atoms. The van der Waals surface area contributed by atoms with Crippen molar-refractivity contribution in [1.82, 2.24) is 9.97 Å². The smallest absolute Gasteiger partial charge is 0.252 e. The zero-order valence-electron chi connectivity index (χ0n) is 10.3. The van der Waals surface area contributed by atoms with Crippen LogP contribution in [0.5, 0.6) is 11.6 Å². The van der Waals surface area contributed by atoms with Gasteiger partial charge in [-0.05, 0) is 12.1 Å². The van der Waals surface area contributed by atoms with E-state index in [0.717, 1.165) is 0 Å². The number of carbonyl (C=O) groups excluding carboxylic acids is 1. The molecule has 1 amide bonds. The first-order chi connectivity index (χ1) is 9.10. The molecule has 0 aliphatic carbocycles. The second-order valence-corrected chi connectivity index (χ2v) is 4.15. The number of primary amides is 1. The van der Waals surface area contributed by atoms with Crippen molar-refractivity contribution in [1.29, 1.82) is 0 Å². The lowest BCUT2D eigenvalue weighted by molar-refractivity contribution is 0.0998. The number of halogens is 1. The Morgan fingerprint density at radius 3 is 2.79 bits per heavy atom. The lowest BCUT2D eigenvalue weighted by atomic mass is 10.2. The lowest BCUT2D eigenvalue weighted by Gasteiger charge is -2.09. The van der Waals surface area contributed by atoms with E-state index in [4.69, 9.17) is 22.1 Å². The van der Waals surface area contributed by atoms with E-state index in [1.807, 2.05) is 6.92 Å². The average molecular weight is 278 g/mol. The Balaban J connectivity index is 2.36. The number of aryl methyl sites for hydroxylation is 1. The number of nitrogens with zero attached hydrogens (tertiary/aromatic N) is 2. The van der Waals surface area contributed by atoms with Crippen molar-refractivity contribution in [3.8, 4) is 11.6 Å². The second kappa shape index (κ2) is 5.67. The first kappa shape index (κ1) is 13.3. The molecule has 0 bridgehead atoms. The standard InChI is InChI=1S/C13H12ClN3O2/c1-2-11-16-10(14)7-12(17-11)19-9-6-4-3-5-8(9)13(15)18/h3-7H,2H2,1H3,(H2,15,18). The van der Waals surface area contributed by atoms with Gasteiger partial charge in [0.2, 0.25) is 5.88 Å². The molecule has 19 heavy (non-hydrogen) atoms. The Bertz CT molecular complexity index is 617. The zero-order valence-corrected chi connectivity index (χ0v) is 11.0. The highest BCUT2D eigenvalue weighted by Gasteiger charge is 2.11. The van der Waals surface area contributed by atoms with E-state index in [2.05, 4.69) is 9.97 Å². The molecule has 2 N–H and O–H groups in total. The van der Waals surface area contributed by atoms with Gasteiger partial charge in [-0.25, -0.2) is 4.98 Å². The summed E-state index contributed by atoms with van der Waals surface area (Å²) in [5, 5.41) is 0.290. The molecule has 0 saturated heterocycles. The molecule has 0 fully saturated rings. The minimum Gasteiger partial charge on any atom is -0.438 e. The Kier molecular flexibility index (Phi) is 3.97. The van der Waals surface area contributed by atoms with Crippen LogP contribution in [0.2, 0.25) is 5.15 Å². The zero-order chi connectivity index (χ0) is 13.8. The van der Waals surface area contributed by atoms with Crippen molar-refractivity contribution in [2.24, 2.45) is 5.73 Å². The van der Waals surface area contributed by atoms with Crippen LogP contribution in [0.25, 0.3) is 0 Å². The maximum Gasteiger partial charge on any atom is 0.252 e. The molecule has 2 aromatic rings. The summed E-state index contributed by atoms with van der Waals surface area (Å²) in [4.78, 5) is 19.5. The number of aromatic nitrogens is 2. The van der Waals surface area contributed by atoms with Crippen LogP contribution < -0.4 is 10.5 Å². The molecule has 1 aromatic carbocycles. The van der Waals surface area contributed by atoms with E-state index in [1.165, 1.54) is 6.07 Å². The number of benzene rings is 1. The predicted octanol–water partition coefficient (Wildman–Crippen LogP) is 2.58. The van der Waals surface area contributed by atoms with Gasteiger partial charge < -0.3 is 10.5 Å². The highest BCUT2D eigenvalue weighted by Crippen LogP contribution is 2.25. The van der Waals surface area contributed by atoms with E-state index < -0.39 is 5.91 Å². The van der Waals surface area contributed by atoms with Crippen LogP contribution in [0.3, 0.4) is 0 Å². The fourth-order valence-corrected chi connectivity index (χ4v) is 1.72. The van der Waals surface area contributed by atoms with Crippen molar-refractivity contribution < 1.29 is 9.53 Å². The Morgan fingerprint density at radius 2 is 2.11 bits per heavy atom. The molecule has 0 aliphatic heterocycles. The van der Waals surface area contributed by atoms with Gasteiger partial charge >= 0.3 is 0 Å². The molecule has 5 nitrogen and oxygen atoms in total. The SMILES string of the molecule is CCc1nc(Cl)cc(Oc2ccccc2C(N)=O)n1. The minimum absolute atomic E-state index is 0.283. The van der Waals surface area contributed by atoms with Gasteiger partial charge in [0, 0.05) is 12.5 Å². The van der Waals surface area contributed by atoms with Crippen molar-refractivity contribution >= 4 is 17.5 Å². The molecule has 1 heterocycles. The second-order valence-electron chi connectivity index (χ2n) is 3.76. The van der Waals surface area contributed by atoms with Crippen LogP contribution in [0.15, 0.2) is 30.3 Å². The summed E-state index contributed by atoms with van der Waals surface area (Å²) in [5.74, 6) is 0.628. The number of carbonyl (C=O) groups is 1. The number of hydrogen-bond acceptors (Lipinski definition) is 4. The molecule has 98 valence electrons. The monoisotopic (exact) mass is 277 g/mol. The maximum atomic E-state index is 11.3. The molecular formula is C13H12ClN3O2. The minimum atomic E-state index is -0.563. The van der Waals surface area contributed by atoms with E-state index >= 15 is 0 Å². The number of hydrogen-bond donors (Lipinski definition) is 1. The summed E-state index contributed by atoms with van der Waals surface area (Å²) in [6.45, 7) is 1.91. The summed E-state index contributed by atoms with van der Waals surface area (Å²) in [5.41, 5.74) is 5.56. The summed E-state index contributed by atoms with van der Waals surface area (Å²) >= 11 is 5.87. The summed E-state index contributed by atoms with van der Waals surface area (Å²) in [6, 6.07) is 8.16. The van der Waals surface area contributed by atoms with E-state index in [-0.39, 0.29) is 11.4 Å². The first-order valence-corrected chi connectivity index (χ1v) is 6.08. The fraction of sp³-hybridized carbons (Fsp3) is 0.154. The van der Waals surface area contributed by atoms with Gasteiger partial charge in [-0.15, -0.1) is 0 Å². The topological polar surface area (TPSA) is 78.1 Å².